The summed E-state index contributed by atoms with van der Waals surface area (Å²) in [5, 5.41) is 4.16. The Balaban J connectivity index is 1.39. The maximum absolute atomic E-state index is 12.7. The lowest BCUT2D eigenvalue weighted by Gasteiger charge is -2.11. The molecule has 3 aromatic heterocycles. The quantitative estimate of drug-likeness (QED) is 0.473. The Hall–Kier alpha value is -4.01. The van der Waals surface area contributed by atoms with E-state index in [-0.39, 0.29) is 18.2 Å². The number of rotatable bonds is 5. The number of nitrogens with one attached hydrogen (secondary N) is 2. The van der Waals surface area contributed by atoms with Crippen molar-refractivity contribution in [2.45, 2.75) is 40.5 Å². The number of hydrogen-bond acceptors (Lipinski definition) is 5. The minimum Gasteiger partial charge on any atom is -0.318 e. The molecule has 9 nitrogen and oxygen atoms in total. The Kier molecular flexibility index (Phi) is 5.72. The second-order valence-corrected chi connectivity index (χ2v) is 7.69. The van der Waals surface area contributed by atoms with E-state index in [0.29, 0.717) is 17.8 Å². The van der Waals surface area contributed by atoms with E-state index in [1.165, 1.54) is 6.33 Å². The molecule has 0 aliphatic carbocycles. The molecule has 0 saturated carbocycles. The zero-order valence-corrected chi connectivity index (χ0v) is 18.5. The molecule has 32 heavy (non-hydrogen) atoms. The molecule has 0 fully saturated rings. The van der Waals surface area contributed by atoms with Gasteiger partial charge in [0.2, 0.25) is 5.91 Å². The maximum atomic E-state index is 12.7. The van der Waals surface area contributed by atoms with Gasteiger partial charge in [-0.25, -0.2) is 9.50 Å². The first-order valence-corrected chi connectivity index (χ1v) is 10.4. The normalized spacial score (nSPS) is 11.0. The maximum Gasteiger partial charge on any atom is 0.271 e. The minimum atomic E-state index is -0.355. The number of amides is 2. The van der Waals surface area contributed by atoms with Crippen LogP contribution >= 0.6 is 0 Å². The number of carbonyl (C=O) groups excluding carboxylic acids is 2. The van der Waals surface area contributed by atoms with Crippen LogP contribution in [0.25, 0.3) is 11.5 Å². The number of carbonyl (C=O) groups is 2. The first kappa shape index (κ1) is 21.2. The van der Waals surface area contributed by atoms with Crippen LogP contribution in [0.4, 0.5) is 0 Å². The zero-order chi connectivity index (χ0) is 22.8. The van der Waals surface area contributed by atoms with Crippen LogP contribution in [0, 0.1) is 27.7 Å². The van der Waals surface area contributed by atoms with Gasteiger partial charge in [-0.3, -0.25) is 20.4 Å². The minimum absolute atomic E-state index is 0.201. The molecule has 1 aromatic carbocycles. The molecule has 2 N–H and O–H groups in total. The summed E-state index contributed by atoms with van der Waals surface area (Å²) < 4.78 is 3.67. The average molecular weight is 432 g/mol. The summed E-state index contributed by atoms with van der Waals surface area (Å²) in [5.41, 5.74) is 10.9. The van der Waals surface area contributed by atoms with Gasteiger partial charge in [0.1, 0.15) is 6.33 Å². The van der Waals surface area contributed by atoms with Crippen LogP contribution in [0.15, 0.2) is 42.7 Å². The Morgan fingerprint density at radius 3 is 2.50 bits per heavy atom. The molecule has 4 aromatic rings. The number of benzene rings is 1. The molecule has 4 rings (SSSR count). The van der Waals surface area contributed by atoms with Crippen LogP contribution in [0.1, 0.15) is 45.1 Å². The van der Waals surface area contributed by atoms with Crippen molar-refractivity contribution < 1.29 is 9.59 Å². The molecule has 0 saturated heterocycles. The Bertz CT molecular complexity index is 1310. The van der Waals surface area contributed by atoms with Crippen molar-refractivity contribution in [2.24, 2.45) is 0 Å². The van der Waals surface area contributed by atoms with Gasteiger partial charge in [0.05, 0.1) is 5.56 Å². The monoisotopic (exact) mass is 431 g/mol. The van der Waals surface area contributed by atoms with Gasteiger partial charge in [-0.2, -0.15) is 10.1 Å². The number of nitrogens with zero attached hydrogens (tertiary/aromatic N) is 5. The van der Waals surface area contributed by atoms with E-state index < -0.39 is 0 Å². The van der Waals surface area contributed by atoms with Gasteiger partial charge in [-0.05, 0) is 57.9 Å². The van der Waals surface area contributed by atoms with Gasteiger partial charge < -0.3 is 4.57 Å². The fraction of sp³-hybridized carbons (Fsp3) is 0.261. The van der Waals surface area contributed by atoms with Crippen LogP contribution in [-0.2, 0) is 11.2 Å². The second-order valence-electron chi connectivity index (χ2n) is 7.69. The fourth-order valence-corrected chi connectivity index (χ4v) is 3.98. The van der Waals surface area contributed by atoms with E-state index in [1.54, 1.807) is 4.52 Å². The number of hydrazine groups is 1. The van der Waals surface area contributed by atoms with Crippen LogP contribution in [0.3, 0.4) is 0 Å². The number of para-hydroxylation sites is 1. The summed E-state index contributed by atoms with van der Waals surface area (Å²) in [7, 11) is 0. The molecular weight excluding hydrogens is 406 g/mol. The third-order valence-corrected chi connectivity index (χ3v) is 5.60. The molecule has 0 radical (unpaired) electrons. The van der Waals surface area contributed by atoms with E-state index in [0.717, 1.165) is 34.0 Å². The summed E-state index contributed by atoms with van der Waals surface area (Å²) in [6, 6.07) is 11.6. The molecule has 2 amide bonds. The van der Waals surface area contributed by atoms with E-state index in [4.69, 9.17) is 0 Å². The number of aryl methyl sites for hydroxylation is 3. The third kappa shape index (κ3) is 3.96. The SMILES string of the molecule is Cc1nc2ncnn2c(C)c1CCC(=O)NNC(=O)c1cc(C)n(-c2ccccc2)c1C. The van der Waals surface area contributed by atoms with Crippen molar-refractivity contribution in [3.63, 3.8) is 0 Å². The Labute approximate surface area is 185 Å². The highest BCUT2D eigenvalue weighted by atomic mass is 16.2. The molecule has 0 aliphatic heterocycles. The van der Waals surface area contributed by atoms with Crippen molar-refractivity contribution in [1.29, 1.82) is 0 Å². The van der Waals surface area contributed by atoms with Crippen LogP contribution in [-0.4, -0.2) is 36.0 Å². The molecule has 0 atom stereocenters. The highest BCUT2D eigenvalue weighted by Crippen LogP contribution is 2.20. The molecular formula is C23H25N7O2. The van der Waals surface area contributed by atoms with Gasteiger partial charge in [-0.15, -0.1) is 0 Å². The van der Waals surface area contributed by atoms with E-state index in [1.807, 2.05) is 68.7 Å². The summed E-state index contributed by atoms with van der Waals surface area (Å²) in [5.74, 6) is -0.104. The number of fused-ring (bicyclic) bond motifs is 1. The molecule has 164 valence electrons. The van der Waals surface area contributed by atoms with Crippen molar-refractivity contribution in [2.75, 3.05) is 0 Å². The van der Waals surface area contributed by atoms with Crippen LogP contribution in [0.5, 0.6) is 0 Å². The first-order valence-electron chi connectivity index (χ1n) is 10.4. The molecule has 0 bridgehead atoms. The number of hydrogen-bond donors (Lipinski definition) is 2. The van der Waals surface area contributed by atoms with Crippen molar-refractivity contribution in [3.8, 4) is 5.69 Å². The van der Waals surface area contributed by atoms with Gasteiger partial charge in [0, 0.05) is 34.9 Å². The van der Waals surface area contributed by atoms with E-state index >= 15 is 0 Å². The van der Waals surface area contributed by atoms with Gasteiger partial charge in [-0.1, -0.05) is 18.2 Å². The predicted octanol–water partition coefficient (Wildman–Crippen LogP) is 2.54. The van der Waals surface area contributed by atoms with E-state index in [9.17, 15) is 9.59 Å². The summed E-state index contributed by atoms with van der Waals surface area (Å²) in [6.45, 7) is 7.64. The summed E-state index contributed by atoms with van der Waals surface area (Å²) >= 11 is 0. The third-order valence-electron chi connectivity index (χ3n) is 5.60. The molecule has 0 spiro atoms. The lowest BCUT2D eigenvalue weighted by Crippen LogP contribution is -2.41. The smallest absolute Gasteiger partial charge is 0.271 e. The summed E-state index contributed by atoms with van der Waals surface area (Å²) in [4.78, 5) is 33.6. The molecule has 3 heterocycles. The zero-order valence-electron chi connectivity index (χ0n) is 18.5. The van der Waals surface area contributed by atoms with Gasteiger partial charge in [0.15, 0.2) is 0 Å². The second kappa shape index (κ2) is 8.62. The highest BCUT2D eigenvalue weighted by Gasteiger charge is 2.18. The number of aromatic nitrogens is 5. The topological polar surface area (TPSA) is 106 Å². The van der Waals surface area contributed by atoms with Crippen LogP contribution in [0.2, 0.25) is 0 Å². The standard InChI is InChI=1S/C23H25N7O2/c1-14-12-20(16(3)29(14)18-8-6-5-7-9-18)22(32)28-27-21(31)11-10-19-15(2)26-23-24-13-25-30(23)17(19)4/h5-9,12-13H,10-11H2,1-4H3,(H,27,31)(H,28,32). The van der Waals surface area contributed by atoms with Gasteiger partial charge in [0.25, 0.3) is 11.7 Å². The first-order chi connectivity index (χ1) is 15.4. The van der Waals surface area contributed by atoms with Crippen molar-refractivity contribution in [3.05, 3.63) is 76.6 Å². The lowest BCUT2D eigenvalue weighted by molar-refractivity contribution is -0.121. The van der Waals surface area contributed by atoms with Crippen LogP contribution < -0.4 is 10.9 Å². The largest absolute Gasteiger partial charge is 0.318 e. The Morgan fingerprint density at radius 2 is 1.75 bits per heavy atom. The lowest BCUT2D eigenvalue weighted by atomic mass is 10.1. The average Bonchev–Trinajstić information content (AvgIpc) is 3.36. The molecule has 0 aliphatic rings. The van der Waals surface area contributed by atoms with Crippen molar-refractivity contribution >= 4 is 17.6 Å². The molecule has 0 unspecified atom stereocenters. The predicted molar refractivity (Wildman–Crippen MR) is 119 cm³/mol. The molecule has 9 heteroatoms. The summed E-state index contributed by atoms with van der Waals surface area (Å²) in [6.07, 6.45) is 2.13. The van der Waals surface area contributed by atoms with Gasteiger partial charge >= 0.3 is 0 Å². The van der Waals surface area contributed by atoms with E-state index in [2.05, 4.69) is 25.9 Å². The fourth-order valence-electron chi connectivity index (χ4n) is 3.98. The van der Waals surface area contributed by atoms with Crippen molar-refractivity contribution in [1.82, 2.24) is 35.0 Å². The highest BCUT2D eigenvalue weighted by molar-refractivity contribution is 5.97. The Morgan fingerprint density at radius 1 is 1.00 bits per heavy atom.